The Kier molecular flexibility index (Phi) is 6.92. The highest BCUT2D eigenvalue weighted by molar-refractivity contribution is 5.81. The maximum Gasteiger partial charge on any atom is 0.261 e. The van der Waals surface area contributed by atoms with Crippen LogP contribution in [0, 0.1) is 0 Å². The summed E-state index contributed by atoms with van der Waals surface area (Å²) in [6, 6.07) is 8.77. The molecule has 1 aromatic carbocycles. The molecule has 5 nitrogen and oxygen atoms in total. The van der Waals surface area contributed by atoms with Crippen molar-refractivity contribution >= 4 is 5.91 Å². The first-order chi connectivity index (χ1) is 9.21. The van der Waals surface area contributed by atoms with Crippen molar-refractivity contribution in [1.82, 2.24) is 5.32 Å². The van der Waals surface area contributed by atoms with Crippen LogP contribution in [0.25, 0.3) is 0 Å². The van der Waals surface area contributed by atoms with Crippen LogP contribution in [0.3, 0.4) is 0 Å². The molecule has 0 saturated carbocycles. The van der Waals surface area contributed by atoms with Gasteiger partial charge < -0.3 is 19.9 Å². The van der Waals surface area contributed by atoms with E-state index in [0.29, 0.717) is 12.2 Å². The van der Waals surface area contributed by atoms with Gasteiger partial charge in [0.05, 0.1) is 19.3 Å². The SMILES string of the molecule is CCC(Oc1ccccc1)C(=O)NC(CO)COC. The number of hydrogen-bond donors (Lipinski definition) is 2. The van der Waals surface area contributed by atoms with Crippen LogP contribution in [0.5, 0.6) is 5.75 Å². The van der Waals surface area contributed by atoms with Gasteiger partial charge in [0.1, 0.15) is 5.75 Å². The molecule has 0 aliphatic carbocycles. The Morgan fingerprint density at radius 3 is 2.58 bits per heavy atom. The molecule has 5 heteroatoms. The van der Waals surface area contributed by atoms with E-state index in [9.17, 15) is 4.79 Å². The van der Waals surface area contributed by atoms with Crippen molar-refractivity contribution in [2.75, 3.05) is 20.3 Å². The predicted octanol–water partition coefficient (Wildman–Crippen LogP) is 0.967. The van der Waals surface area contributed by atoms with Crippen LogP contribution < -0.4 is 10.1 Å². The number of amides is 1. The molecule has 0 heterocycles. The molecule has 1 amide bonds. The molecular weight excluding hydrogens is 246 g/mol. The number of hydrogen-bond acceptors (Lipinski definition) is 4. The third-order valence-electron chi connectivity index (χ3n) is 2.62. The van der Waals surface area contributed by atoms with E-state index in [2.05, 4.69) is 5.32 Å². The maximum absolute atomic E-state index is 12.0. The highest BCUT2D eigenvalue weighted by Gasteiger charge is 2.21. The van der Waals surface area contributed by atoms with E-state index < -0.39 is 12.1 Å². The van der Waals surface area contributed by atoms with E-state index in [1.165, 1.54) is 7.11 Å². The normalized spacial score (nSPS) is 13.6. The molecule has 0 fully saturated rings. The Bertz CT molecular complexity index is 369. The number of methoxy groups -OCH3 is 1. The number of ether oxygens (including phenoxy) is 2. The van der Waals surface area contributed by atoms with Gasteiger partial charge in [-0.25, -0.2) is 0 Å². The third-order valence-corrected chi connectivity index (χ3v) is 2.62. The number of carbonyl (C=O) groups is 1. The zero-order valence-electron chi connectivity index (χ0n) is 11.3. The summed E-state index contributed by atoms with van der Waals surface area (Å²) in [6.07, 6.45) is -0.0282. The largest absolute Gasteiger partial charge is 0.481 e. The van der Waals surface area contributed by atoms with Crippen molar-refractivity contribution < 1.29 is 19.4 Å². The minimum Gasteiger partial charge on any atom is -0.481 e. The van der Waals surface area contributed by atoms with Gasteiger partial charge in [0, 0.05) is 7.11 Å². The summed E-state index contributed by atoms with van der Waals surface area (Å²) < 4.78 is 10.5. The fourth-order valence-corrected chi connectivity index (χ4v) is 1.62. The van der Waals surface area contributed by atoms with Gasteiger partial charge in [-0.3, -0.25) is 4.79 Å². The van der Waals surface area contributed by atoms with Gasteiger partial charge in [-0.1, -0.05) is 25.1 Å². The van der Waals surface area contributed by atoms with Crippen LogP contribution in [-0.4, -0.2) is 43.5 Å². The molecule has 0 spiro atoms. The zero-order chi connectivity index (χ0) is 14.1. The monoisotopic (exact) mass is 267 g/mol. The van der Waals surface area contributed by atoms with E-state index in [0.717, 1.165) is 0 Å². The predicted molar refractivity (Wildman–Crippen MR) is 72.0 cm³/mol. The summed E-state index contributed by atoms with van der Waals surface area (Å²) in [5.74, 6) is 0.402. The molecule has 0 aliphatic rings. The molecule has 0 aromatic heterocycles. The van der Waals surface area contributed by atoms with Gasteiger partial charge in [-0.2, -0.15) is 0 Å². The van der Waals surface area contributed by atoms with E-state index in [1.807, 2.05) is 25.1 Å². The second-order valence-electron chi connectivity index (χ2n) is 4.17. The molecular formula is C14H21NO4. The molecule has 0 aliphatic heterocycles. The van der Waals surface area contributed by atoms with Crippen molar-refractivity contribution in [1.29, 1.82) is 0 Å². The molecule has 1 aromatic rings. The first-order valence-corrected chi connectivity index (χ1v) is 6.33. The average molecular weight is 267 g/mol. The lowest BCUT2D eigenvalue weighted by atomic mass is 10.2. The van der Waals surface area contributed by atoms with Crippen molar-refractivity contribution in [3.05, 3.63) is 30.3 Å². The quantitative estimate of drug-likeness (QED) is 0.736. The van der Waals surface area contributed by atoms with Crippen LogP contribution in [0.1, 0.15) is 13.3 Å². The van der Waals surface area contributed by atoms with E-state index >= 15 is 0 Å². The molecule has 106 valence electrons. The van der Waals surface area contributed by atoms with E-state index in [-0.39, 0.29) is 19.1 Å². The highest BCUT2D eigenvalue weighted by Crippen LogP contribution is 2.12. The van der Waals surface area contributed by atoms with E-state index in [1.54, 1.807) is 12.1 Å². The van der Waals surface area contributed by atoms with Crippen molar-refractivity contribution in [2.24, 2.45) is 0 Å². The van der Waals surface area contributed by atoms with Crippen LogP contribution >= 0.6 is 0 Å². The molecule has 2 N–H and O–H groups in total. The minimum atomic E-state index is -0.576. The summed E-state index contributed by atoms with van der Waals surface area (Å²) in [6.45, 7) is 1.98. The smallest absolute Gasteiger partial charge is 0.261 e. The van der Waals surface area contributed by atoms with Crippen LogP contribution in [0.2, 0.25) is 0 Å². The number of para-hydroxylation sites is 1. The number of rotatable bonds is 8. The van der Waals surface area contributed by atoms with Crippen molar-refractivity contribution in [3.8, 4) is 5.75 Å². The van der Waals surface area contributed by atoms with Gasteiger partial charge in [0.15, 0.2) is 6.10 Å². The van der Waals surface area contributed by atoms with Crippen LogP contribution in [-0.2, 0) is 9.53 Å². The number of aliphatic hydroxyl groups excluding tert-OH is 1. The lowest BCUT2D eigenvalue weighted by Gasteiger charge is -2.21. The number of aliphatic hydroxyl groups is 1. The molecule has 2 unspecified atom stereocenters. The van der Waals surface area contributed by atoms with Gasteiger partial charge in [-0.05, 0) is 18.6 Å². The van der Waals surface area contributed by atoms with Crippen LogP contribution in [0.15, 0.2) is 30.3 Å². The summed E-state index contributed by atoms with van der Waals surface area (Å²) in [7, 11) is 1.52. The maximum atomic E-state index is 12.0. The first kappa shape index (κ1) is 15.5. The highest BCUT2D eigenvalue weighted by atomic mass is 16.5. The van der Waals surface area contributed by atoms with Crippen molar-refractivity contribution in [3.63, 3.8) is 0 Å². The fraction of sp³-hybridized carbons (Fsp3) is 0.500. The average Bonchev–Trinajstić information content (AvgIpc) is 2.45. The Morgan fingerprint density at radius 2 is 2.05 bits per heavy atom. The Morgan fingerprint density at radius 1 is 1.37 bits per heavy atom. The Hall–Kier alpha value is -1.59. The second-order valence-corrected chi connectivity index (χ2v) is 4.17. The number of carbonyl (C=O) groups excluding carboxylic acids is 1. The minimum absolute atomic E-state index is 0.165. The summed E-state index contributed by atoms with van der Waals surface area (Å²) in [4.78, 5) is 12.0. The van der Waals surface area contributed by atoms with Crippen LogP contribution in [0.4, 0.5) is 0 Å². The summed E-state index contributed by atoms with van der Waals surface area (Å²) in [5, 5.41) is 11.8. The molecule has 0 radical (unpaired) electrons. The van der Waals surface area contributed by atoms with Gasteiger partial charge >= 0.3 is 0 Å². The third kappa shape index (κ3) is 5.28. The zero-order valence-corrected chi connectivity index (χ0v) is 11.3. The topological polar surface area (TPSA) is 67.8 Å². The Labute approximate surface area is 113 Å². The molecule has 2 atom stereocenters. The molecule has 1 rings (SSSR count). The standard InChI is InChI=1S/C14H21NO4/c1-3-13(19-12-7-5-4-6-8-12)14(17)15-11(9-16)10-18-2/h4-8,11,13,16H,3,9-10H2,1-2H3,(H,15,17). The molecule has 0 saturated heterocycles. The number of nitrogens with one attached hydrogen (secondary N) is 1. The van der Waals surface area contributed by atoms with Gasteiger partial charge in [-0.15, -0.1) is 0 Å². The van der Waals surface area contributed by atoms with Gasteiger partial charge in [0.2, 0.25) is 0 Å². The summed E-state index contributed by atoms with van der Waals surface area (Å²) >= 11 is 0. The second kappa shape index (κ2) is 8.50. The lowest BCUT2D eigenvalue weighted by Crippen LogP contribution is -2.47. The molecule has 19 heavy (non-hydrogen) atoms. The summed E-state index contributed by atoms with van der Waals surface area (Å²) in [5.41, 5.74) is 0. The fourth-order valence-electron chi connectivity index (χ4n) is 1.62. The van der Waals surface area contributed by atoms with E-state index in [4.69, 9.17) is 14.6 Å². The van der Waals surface area contributed by atoms with Crippen molar-refractivity contribution in [2.45, 2.75) is 25.5 Å². The van der Waals surface area contributed by atoms with Gasteiger partial charge in [0.25, 0.3) is 5.91 Å². The number of benzene rings is 1. The Balaban J connectivity index is 2.56. The first-order valence-electron chi connectivity index (χ1n) is 6.33. The lowest BCUT2D eigenvalue weighted by molar-refractivity contribution is -0.129. The molecule has 0 bridgehead atoms.